The summed E-state index contributed by atoms with van der Waals surface area (Å²) in [6.45, 7) is 0.454. The third kappa shape index (κ3) is 4.41. The van der Waals surface area contributed by atoms with Crippen molar-refractivity contribution in [3.8, 4) is 5.69 Å². The van der Waals surface area contributed by atoms with Gasteiger partial charge in [-0.2, -0.15) is 4.68 Å². The van der Waals surface area contributed by atoms with E-state index in [1.165, 1.54) is 23.1 Å². The lowest BCUT2D eigenvalue weighted by molar-refractivity contribution is 0.0950. The lowest BCUT2D eigenvalue weighted by atomic mass is 10.2. The summed E-state index contributed by atoms with van der Waals surface area (Å²) in [7, 11) is 0. The van der Waals surface area contributed by atoms with Crippen LogP contribution in [0.3, 0.4) is 0 Å². The second-order valence-corrected chi connectivity index (χ2v) is 7.67. The summed E-state index contributed by atoms with van der Waals surface area (Å²) in [5.41, 5.74) is 1.91. The molecule has 0 saturated heterocycles. The van der Waals surface area contributed by atoms with Gasteiger partial charge in [-0.3, -0.25) is 4.79 Å². The van der Waals surface area contributed by atoms with Crippen LogP contribution in [0.25, 0.3) is 5.69 Å². The third-order valence-electron chi connectivity index (χ3n) is 3.72. The van der Waals surface area contributed by atoms with Gasteiger partial charge in [0.2, 0.25) is 10.2 Å². The molecular formula is C18H15N7OS2. The zero-order chi connectivity index (χ0) is 19.2. The monoisotopic (exact) mass is 409 g/mol. The molecule has 1 amide bonds. The number of carbonyl (C=O) groups is 1. The highest BCUT2D eigenvalue weighted by atomic mass is 32.2. The zero-order valence-electron chi connectivity index (χ0n) is 14.6. The van der Waals surface area contributed by atoms with E-state index in [-0.39, 0.29) is 5.91 Å². The van der Waals surface area contributed by atoms with E-state index in [4.69, 9.17) is 0 Å². The van der Waals surface area contributed by atoms with Crippen molar-refractivity contribution in [2.75, 3.05) is 0 Å². The Morgan fingerprint density at radius 3 is 2.54 bits per heavy atom. The number of thioether (sulfide) groups is 1. The molecule has 2 heterocycles. The second-order valence-electron chi connectivity index (χ2n) is 5.67. The van der Waals surface area contributed by atoms with Crippen molar-refractivity contribution < 1.29 is 4.79 Å². The maximum absolute atomic E-state index is 12.3. The maximum atomic E-state index is 12.3. The van der Waals surface area contributed by atoms with E-state index in [0.717, 1.165) is 16.3 Å². The number of nitrogens with one attached hydrogen (secondary N) is 1. The van der Waals surface area contributed by atoms with E-state index < -0.39 is 0 Å². The Morgan fingerprint density at radius 2 is 1.75 bits per heavy atom. The smallest absolute Gasteiger partial charge is 0.282 e. The topological polar surface area (TPSA) is 98.5 Å². The first-order valence-electron chi connectivity index (χ1n) is 8.41. The van der Waals surface area contributed by atoms with Gasteiger partial charge in [0.1, 0.15) is 5.01 Å². The lowest BCUT2D eigenvalue weighted by Gasteiger charge is -2.02. The van der Waals surface area contributed by atoms with Crippen LogP contribution in [0.1, 0.15) is 20.4 Å². The van der Waals surface area contributed by atoms with E-state index in [1.54, 1.807) is 4.68 Å². The van der Waals surface area contributed by atoms with Gasteiger partial charge in [-0.1, -0.05) is 71.6 Å². The summed E-state index contributed by atoms with van der Waals surface area (Å²) < 4.78 is 1.67. The molecule has 10 heteroatoms. The number of carbonyl (C=O) groups excluding carboxylic acids is 1. The molecule has 0 saturated carbocycles. The van der Waals surface area contributed by atoms with Gasteiger partial charge in [0, 0.05) is 6.54 Å². The molecule has 28 heavy (non-hydrogen) atoms. The summed E-state index contributed by atoms with van der Waals surface area (Å²) in [5.74, 6) is 0.295. The third-order valence-corrected chi connectivity index (χ3v) is 5.76. The number of rotatable bonds is 7. The van der Waals surface area contributed by atoms with Crippen molar-refractivity contribution >= 4 is 29.0 Å². The van der Waals surface area contributed by atoms with Crippen LogP contribution in [-0.4, -0.2) is 36.3 Å². The molecule has 0 spiro atoms. The van der Waals surface area contributed by atoms with Gasteiger partial charge in [-0.05, 0) is 28.1 Å². The number of nitrogens with zero attached hydrogens (tertiary/aromatic N) is 6. The fourth-order valence-electron chi connectivity index (χ4n) is 2.38. The average Bonchev–Trinajstić information content (AvgIpc) is 3.41. The number of hydrogen-bond donors (Lipinski definition) is 1. The number of tetrazole rings is 1. The number of benzene rings is 2. The molecule has 0 aliphatic rings. The molecule has 140 valence electrons. The number of para-hydroxylation sites is 1. The van der Waals surface area contributed by atoms with Crippen LogP contribution in [0.4, 0.5) is 0 Å². The highest BCUT2D eigenvalue weighted by Gasteiger charge is 2.15. The van der Waals surface area contributed by atoms with E-state index >= 15 is 0 Å². The Bertz CT molecular complexity index is 1050. The summed E-state index contributed by atoms with van der Waals surface area (Å²) in [6.07, 6.45) is 0. The van der Waals surface area contributed by atoms with Gasteiger partial charge in [0.15, 0.2) is 0 Å². The molecule has 0 aliphatic heterocycles. The molecule has 2 aromatic heterocycles. The first-order valence-corrected chi connectivity index (χ1v) is 10.2. The predicted octanol–water partition coefficient (Wildman–Crippen LogP) is 2.74. The van der Waals surface area contributed by atoms with Crippen LogP contribution in [0.2, 0.25) is 0 Å². The van der Waals surface area contributed by atoms with Crippen LogP contribution in [0, 0.1) is 0 Å². The largest absolute Gasteiger partial charge is 0.346 e. The molecule has 0 unspecified atom stereocenters. The van der Waals surface area contributed by atoms with Crippen molar-refractivity contribution in [2.24, 2.45) is 0 Å². The normalized spacial score (nSPS) is 10.7. The summed E-state index contributed by atoms with van der Waals surface area (Å²) in [5, 5.41) is 24.5. The zero-order valence-corrected chi connectivity index (χ0v) is 16.2. The van der Waals surface area contributed by atoms with Gasteiger partial charge >= 0.3 is 0 Å². The Kier molecular flexibility index (Phi) is 5.69. The fourth-order valence-corrected chi connectivity index (χ4v) is 4.02. The fraction of sp³-hybridized carbons (Fsp3) is 0.111. The van der Waals surface area contributed by atoms with Crippen LogP contribution in [0.15, 0.2) is 65.8 Å². The van der Waals surface area contributed by atoms with E-state index in [0.29, 0.717) is 22.5 Å². The molecular weight excluding hydrogens is 394 g/mol. The Balaban J connectivity index is 1.36. The van der Waals surface area contributed by atoms with E-state index in [2.05, 4.69) is 31.0 Å². The first-order chi connectivity index (χ1) is 13.8. The SMILES string of the molecule is O=C(NCc1ccccc1)c1nnc(CSc2nnnn2-c2ccccc2)s1. The Hall–Kier alpha value is -3.11. The lowest BCUT2D eigenvalue weighted by Crippen LogP contribution is -2.22. The molecule has 0 bridgehead atoms. The quantitative estimate of drug-likeness (QED) is 0.469. The number of aromatic nitrogens is 6. The summed E-state index contributed by atoms with van der Waals surface area (Å²) in [6, 6.07) is 19.4. The predicted molar refractivity (Wildman–Crippen MR) is 106 cm³/mol. The van der Waals surface area contributed by atoms with Gasteiger partial charge in [-0.25, -0.2) is 0 Å². The van der Waals surface area contributed by atoms with E-state index in [9.17, 15) is 4.79 Å². The minimum absolute atomic E-state index is 0.230. The summed E-state index contributed by atoms with van der Waals surface area (Å²) in [4.78, 5) is 12.3. The van der Waals surface area contributed by atoms with Crippen molar-refractivity contribution in [3.05, 3.63) is 76.2 Å². The van der Waals surface area contributed by atoms with Gasteiger partial charge < -0.3 is 5.32 Å². The highest BCUT2D eigenvalue weighted by Crippen LogP contribution is 2.24. The second kappa shape index (κ2) is 8.72. The number of amides is 1. The molecule has 2 aromatic carbocycles. The van der Waals surface area contributed by atoms with Gasteiger partial charge in [-0.15, -0.1) is 15.3 Å². The van der Waals surface area contributed by atoms with Gasteiger partial charge in [0.25, 0.3) is 5.91 Å². The van der Waals surface area contributed by atoms with Crippen LogP contribution >= 0.6 is 23.1 Å². The molecule has 1 N–H and O–H groups in total. The first kappa shape index (κ1) is 18.3. The van der Waals surface area contributed by atoms with Crippen LogP contribution in [0.5, 0.6) is 0 Å². The van der Waals surface area contributed by atoms with Crippen LogP contribution < -0.4 is 5.32 Å². The average molecular weight is 410 g/mol. The molecule has 0 fully saturated rings. The van der Waals surface area contributed by atoms with Crippen LogP contribution in [-0.2, 0) is 12.3 Å². The molecule has 4 aromatic rings. The Labute approximate surface area is 169 Å². The van der Waals surface area contributed by atoms with Crippen molar-refractivity contribution in [1.29, 1.82) is 0 Å². The van der Waals surface area contributed by atoms with Crippen molar-refractivity contribution in [1.82, 2.24) is 35.7 Å². The minimum atomic E-state index is -0.230. The molecule has 0 aliphatic carbocycles. The number of hydrogen-bond acceptors (Lipinski definition) is 8. The Morgan fingerprint density at radius 1 is 1.00 bits per heavy atom. The maximum Gasteiger partial charge on any atom is 0.282 e. The van der Waals surface area contributed by atoms with Crippen molar-refractivity contribution in [3.63, 3.8) is 0 Å². The summed E-state index contributed by atoms with van der Waals surface area (Å²) >= 11 is 2.71. The van der Waals surface area contributed by atoms with Gasteiger partial charge in [0.05, 0.1) is 11.4 Å². The van der Waals surface area contributed by atoms with Crippen molar-refractivity contribution in [2.45, 2.75) is 17.5 Å². The minimum Gasteiger partial charge on any atom is -0.346 e. The highest BCUT2D eigenvalue weighted by molar-refractivity contribution is 7.98. The van der Waals surface area contributed by atoms with E-state index in [1.807, 2.05) is 60.7 Å². The molecule has 0 atom stereocenters. The molecule has 0 radical (unpaired) electrons. The standard InChI is InChI=1S/C18H15N7OS2/c26-16(19-11-13-7-3-1-4-8-13)17-21-20-15(28-17)12-27-18-22-23-24-25(18)14-9-5-2-6-10-14/h1-10H,11-12H2,(H,19,26). The molecule has 4 rings (SSSR count). The molecule has 8 nitrogen and oxygen atoms in total.